The van der Waals surface area contributed by atoms with Crippen molar-refractivity contribution >= 4 is 33.3 Å². The van der Waals surface area contributed by atoms with E-state index in [0.29, 0.717) is 34.9 Å². The average molecular weight is 564 g/mol. The molecule has 0 amide bonds. The van der Waals surface area contributed by atoms with Gasteiger partial charge in [-0.15, -0.1) is 0 Å². The van der Waals surface area contributed by atoms with Crippen molar-refractivity contribution in [3.05, 3.63) is 137 Å². The number of carboxylic acid groups (broad SMARTS) is 1. The SMILES string of the molecule is O=C(O)c1cccc2c(NCc3cncc(-c4c(Cc5ccccc5)cnc5c(C(F)(F)F)cccc45)c3)cccc12. The lowest BCUT2D eigenvalue weighted by molar-refractivity contribution is -0.136. The summed E-state index contributed by atoms with van der Waals surface area (Å²) in [6, 6.07) is 26.3. The monoisotopic (exact) mass is 563 g/mol. The number of alkyl halides is 3. The standard InChI is InChI=1S/C34H24F3N3O2/c35-34(36,37)29-13-5-12-28-31(24(20-40-32(28)29)15-21-7-2-1-3-8-21)23-16-22(17-38-19-23)18-39-30-14-6-9-25-26(30)10-4-11-27(25)33(41)42/h1-14,16-17,19-20,39H,15,18H2,(H,41,42). The normalized spacial score (nSPS) is 11.6. The van der Waals surface area contributed by atoms with E-state index in [9.17, 15) is 23.1 Å². The van der Waals surface area contributed by atoms with Crippen molar-refractivity contribution in [1.29, 1.82) is 0 Å². The summed E-state index contributed by atoms with van der Waals surface area (Å²) in [7, 11) is 0. The number of carbonyl (C=O) groups is 1. The van der Waals surface area contributed by atoms with Gasteiger partial charge in [-0.05, 0) is 58.3 Å². The number of pyridine rings is 2. The molecule has 0 aliphatic carbocycles. The fraction of sp³-hybridized carbons (Fsp3) is 0.0882. The Kier molecular flexibility index (Phi) is 7.04. The van der Waals surface area contributed by atoms with Gasteiger partial charge in [-0.1, -0.05) is 66.7 Å². The van der Waals surface area contributed by atoms with E-state index in [2.05, 4.69) is 15.3 Å². The van der Waals surface area contributed by atoms with E-state index in [1.807, 2.05) is 48.5 Å². The Hall–Kier alpha value is -5.24. The third-order valence-corrected chi connectivity index (χ3v) is 7.24. The van der Waals surface area contributed by atoms with E-state index in [1.165, 1.54) is 12.3 Å². The predicted molar refractivity (Wildman–Crippen MR) is 157 cm³/mol. The number of aromatic nitrogens is 2. The van der Waals surface area contributed by atoms with Crippen LogP contribution in [0.2, 0.25) is 0 Å². The summed E-state index contributed by atoms with van der Waals surface area (Å²) < 4.78 is 41.7. The van der Waals surface area contributed by atoms with Crippen LogP contribution < -0.4 is 5.32 Å². The number of nitrogens with zero attached hydrogens (tertiary/aromatic N) is 2. The number of halogens is 3. The summed E-state index contributed by atoms with van der Waals surface area (Å²) >= 11 is 0. The molecule has 2 heterocycles. The van der Waals surface area contributed by atoms with E-state index in [4.69, 9.17) is 0 Å². The van der Waals surface area contributed by atoms with Crippen molar-refractivity contribution in [2.45, 2.75) is 19.1 Å². The Bertz CT molecular complexity index is 1940. The van der Waals surface area contributed by atoms with Gasteiger partial charge < -0.3 is 10.4 Å². The Morgan fingerprint density at radius 1 is 0.786 bits per heavy atom. The second kappa shape index (κ2) is 11.0. The first-order valence-electron chi connectivity index (χ1n) is 13.2. The van der Waals surface area contributed by atoms with Crippen molar-refractivity contribution in [3.63, 3.8) is 0 Å². The molecule has 4 aromatic carbocycles. The highest BCUT2D eigenvalue weighted by Crippen LogP contribution is 2.39. The fourth-order valence-electron chi connectivity index (χ4n) is 5.35. The highest BCUT2D eigenvalue weighted by atomic mass is 19.4. The van der Waals surface area contributed by atoms with Gasteiger partial charge in [-0.25, -0.2) is 4.79 Å². The van der Waals surface area contributed by atoms with Gasteiger partial charge in [0.25, 0.3) is 0 Å². The van der Waals surface area contributed by atoms with Crippen LogP contribution in [-0.4, -0.2) is 21.0 Å². The third-order valence-electron chi connectivity index (χ3n) is 7.24. The smallest absolute Gasteiger partial charge is 0.418 e. The van der Waals surface area contributed by atoms with E-state index >= 15 is 0 Å². The highest BCUT2D eigenvalue weighted by molar-refractivity contribution is 6.07. The number of anilines is 1. The van der Waals surface area contributed by atoms with Crippen molar-refractivity contribution in [3.8, 4) is 11.1 Å². The number of rotatable bonds is 7. The predicted octanol–water partition coefficient (Wildman–Crippen LogP) is 8.37. The molecule has 0 unspecified atom stereocenters. The van der Waals surface area contributed by atoms with Crippen LogP contribution in [0.15, 0.2) is 110 Å². The van der Waals surface area contributed by atoms with E-state index in [1.54, 1.807) is 42.7 Å². The van der Waals surface area contributed by atoms with E-state index in [0.717, 1.165) is 33.8 Å². The Balaban J connectivity index is 1.42. The van der Waals surface area contributed by atoms with Crippen LogP contribution in [-0.2, 0) is 19.1 Å². The van der Waals surface area contributed by atoms with Gasteiger partial charge in [-0.3, -0.25) is 9.97 Å². The summed E-state index contributed by atoms with van der Waals surface area (Å²) in [5.74, 6) is -1.00. The van der Waals surface area contributed by atoms with Gasteiger partial charge in [0.1, 0.15) is 0 Å². The number of para-hydroxylation sites is 1. The summed E-state index contributed by atoms with van der Waals surface area (Å²) in [4.78, 5) is 20.4. The zero-order chi connectivity index (χ0) is 29.3. The minimum Gasteiger partial charge on any atom is -0.478 e. The molecule has 2 N–H and O–H groups in total. The maximum atomic E-state index is 13.9. The molecule has 8 heteroatoms. The molecule has 0 fully saturated rings. The maximum Gasteiger partial charge on any atom is 0.418 e. The van der Waals surface area contributed by atoms with Crippen LogP contribution in [0.1, 0.15) is 32.6 Å². The lowest BCUT2D eigenvalue weighted by Crippen LogP contribution is -2.08. The van der Waals surface area contributed by atoms with Crippen molar-refractivity contribution in [2.75, 3.05) is 5.32 Å². The molecule has 5 nitrogen and oxygen atoms in total. The zero-order valence-corrected chi connectivity index (χ0v) is 22.2. The quantitative estimate of drug-likeness (QED) is 0.204. The molecular weight excluding hydrogens is 539 g/mol. The largest absolute Gasteiger partial charge is 0.478 e. The van der Waals surface area contributed by atoms with E-state index < -0.39 is 17.7 Å². The second-order valence-corrected chi connectivity index (χ2v) is 9.97. The molecule has 0 spiro atoms. The van der Waals surface area contributed by atoms with Crippen LogP contribution in [0.4, 0.5) is 18.9 Å². The molecule has 0 saturated heterocycles. The van der Waals surface area contributed by atoms with Gasteiger partial charge in [0.15, 0.2) is 0 Å². The Labute approximate surface area is 239 Å². The first-order valence-corrected chi connectivity index (χ1v) is 13.2. The van der Waals surface area contributed by atoms with Crippen LogP contribution >= 0.6 is 0 Å². The topological polar surface area (TPSA) is 75.1 Å². The minimum absolute atomic E-state index is 0.106. The molecule has 0 bridgehead atoms. The van der Waals surface area contributed by atoms with Crippen LogP contribution in [0.3, 0.4) is 0 Å². The van der Waals surface area contributed by atoms with Gasteiger partial charge in [-0.2, -0.15) is 13.2 Å². The third kappa shape index (κ3) is 5.26. The molecule has 0 saturated carbocycles. The van der Waals surface area contributed by atoms with Crippen LogP contribution in [0, 0.1) is 0 Å². The highest BCUT2D eigenvalue weighted by Gasteiger charge is 2.33. The molecule has 0 aliphatic rings. The Morgan fingerprint density at radius 3 is 2.31 bits per heavy atom. The van der Waals surface area contributed by atoms with Gasteiger partial charge >= 0.3 is 12.1 Å². The molecule has 6 aromatic rings. The zero-order valence-electron chi connectivity index (χ0n) is 22.2. The van der Waals surface area contributed by atoms with Crippen molar-refractivity contribution in [1.82, 2.24) is 9.97 Å². The molecule has 6 rings (SSSR count). The number of hydrogen-bond acceptors (Lipinski definition) is 4. The number of hydrogen-bond donors (Lipinski definition) is 2. The van der Waals surface area contributed by atoms with Crippen LogP contribution in [0.25, 0.3) is 32.8 Å². The van der Waals surface area contributed by atoms with Gasteiger partial charge in [0.2, 0.25) is 0 Å². The molecule has 2 aromatic heterocycles. The number of benzene rings is 4. The van der Waals surface area contributed by atoms with Gasteiger partial charge in [0, 0.05) is 47.2 Å². The summed E-state index contributed by atoms with van der Waals surface area (Å²) in [5, 5.41) is 14.7. The molecule has 208 valence electrons. The number of nitrogens with one attached hydrogen (secondary N) is 1. The average Bonchev–Trinajstić information content (AvgIpc) is 2.99. The first-order chi connectivity index (χ1) is 20.3. The molecular formula is C34H24F3N3O2. The molecule has 0 aliphatic heterocycles. The lowest BCUT2D eigenvalue weighted by Gasteiger charge is -2.17. The first kappa shape index (κ1) is 27.0. The number of carboxylic acids is 1. The molecule has 0 radical (unpaired) electrons. The number of aromatic carboxylic acids is 1. The molecule has 42 heavy (non-hydrogen) atoms. The van der Waals surface area contributed by atoms with Gasteiger partial charge in [0.05, 0.1) is 16.6 Å². The number of fused-ring (bicyclic) bond motifs is 2. The minimum atomic E-state index is -4.55. The summed E-state index contributed by atoms with van der Waals surface area (Å²) in [5.41, 5.74) is 4.02. The molecule has 0 atom stereocenters. The summed E-state index contributed by atoms with van der Waals surface area (Å²) in [6.07, 6.45) is 0.824. The maximum absolute atomic E-state index is 13.9. The van der Waals surface area contributed by atoms with E-state index in [-0.39, 0.29) is 11.1 Å². The second-order valence-electron chi connectivity index (χ2n) is 9.97. The van der Waals surface area contributed by atoms with Crippen molar-refractivity contribution in [2.24, 2.45) is 0 Å². The van der Waals surface area contributed by atoms with Crippen molar-refractivity contribution < 1.29 is 23.1 Å². The van der Waals surface area contributed by atoms with Crippen LogP contribution in [0.5, 0.6) is 0 Å². The summed E-state index contributed by atoms with van der Waals surface area (Å²) in [6.45, 7) is 0.363. The fourth-order valence-corrected chi connectivity index (χ4v) is 5.35. The lowest BCUT2D eigenvalue weighted by atomic mass is 9.92. The Morgan fingerprint density at radius 2 is 1.52 bits per heavy atom.